The molecule has 2 N–H and O–H groups in total. The van der Waals surface area contributed by atoms with E-state index in [0.717, 1.165) is 22.0 Å². The van der Waals surface area contributed by atoms with E-state index in [9.17, 15) is 9.90 Å². The molecule has 0 fully saturated rings. The van der Waals surface area contributed by atoms with E-state index in [4.69, 9.17) is 4.74 Å². The van der Waals surface area contributed by atoms with Gasteiger partial charge in [-0.05, 0) is 17.7 Å². The maximum atomic E-state index is 12.0. The maximum Gasteiger partial charge on any atom is 0.226 e. The van der Waals surface area contributed by atoms with Crippen LogP contribution >= 0.6 is 11.3 Å². The standard InChI is InChI=1S/C17H22N2O3S/c1-11(2)17-19-13(10-23-17)8-16(21)18-9-15(20)12-4-6-14(22-3)7-5-12/h4-7,10-11,15,20H,8-9H2,1-3H3,(H,18,21). The number of methoxy groups -OCH3 is 1. The van der Waals surface area contributed by atoms with E-state index in [0.29, 0.717) is 5.92 Å². The zero-order valence-electron chi connectivity index (χ0n) is 13.6. The van der Waals surface area contributed by atoms with Gasteiger partial charge < -0.3 is 15.2 Å². The summed E-state index contributed by atoms with van der Waals surface area (Å²) in [6, 6.07) is 7.13. The Morgan fingerprint density at radius 1 is 1.35 bits per heavy atom. The molecule has 1 heterocycles. The summed E-state index contributed by atoms with van der Waals surface area (Å²) in [6.45, 7) is 4.33. The lowest BCUT2D eigenvalue weighted by molar-refractivity contribution is -0.120. The Kier molecular flexibility index (Phi) is 6.12. The molecule has 124 valence electrons. The highest BCUT2D eigenvalue weighted by molar-refractivity contribution is 7.09. The Hall–Kier alpha value is -1.92. The van der Waals surface area contributed by atoms with Crippen molar-refractivity contribution in [3.05, 3.63) is 45.9 Å². The number of rotatable bonds is 7. The van der Waals surface area contributed by atoms with Crippen LogP contribution in [0.2, 0.25) is 0 Å². The first-order chi connectivity index (χ1) is 11.0. The third kappa shape index (κ3) is 5.04. The summed E-state index contributed by atoms with van der Waals surface area (Å²) >= 11 is 1.57. The number of nitrogens with one attached hydrogen (secondary N) is 1. The van der Waals surface area contributed by atoms with E-state index < -0.39 is 6.10 Å². The van der Waals surface area contributed by atoms with Crippen LogP contribution in [0.3, 0.4) is 0 Å². The monoisotopic (exact) mass is 334 g/mol. The van der Waals surface area contributed by atoms with Crippen LogP contribution in [0.1, 0.15) is 42.1 Å². The number of hydrogen-bond donors (Lipinski definition) is 2. The van der Waals surface area contributed by atoms with Crippen LogP contribution in [0.5, 0.6) is 5.75 Å². The minimum absolute atomic E-state index is 0.141. The van der Waals surface area contributed by atoms with Crippen LogP contribution in [0.4, 0.5) is 0 Å². The highest BCUT2D eigenvalue weighted by Crippen LogP contribution is 2.19. The summed E-state index contributed by atoms with van der Waals surface area (Å²) in [5.74, 6) is 0.960. The largest absolute Gasteiger partial charge is 0.497 e. The normalized spacial score (nSPS) is 12.2. The average Bonchev–Trinajstić information content (AvgIpc) is 3.01. The zero-order valence-corrected chi connectivity index (χ0v) is 14.4. The zero-order chi connectivity index (χ0) is 16.8. The number of carbonyl (C=O) groups is 1. The molecule has 0 aliphatic carbocycles. The average molecular weight is 334 g/mol. The molecule has 2 rings (SSSR count). The van der Waals surface area contributed by atoms with Gasteiger partial charge in [0.05, 0.1) is 30.3 Å². The van der Waals surface area contributed by atoms with Gasteiger partial charge in [-0.25, -0.2) is 4.98 Å². The number of thiazole rings is 1. The Morgan fingerprint density at radius 3 is 2.61 bits per heavy atom. The van der Waals surface area contributed by atoms with Crippen molar-refractivity contribution in [2.75, 3.05) is 13.7 Å². The van der Waals surface area contributed by atoms with Gasteiger partial charge in [-0.15, -0.1) is 11.3 Å². The molecule has 0 aliphatic rings. The molecule has 1 aromatic carbocycles. The minimum atomic E-state index is -0.744. The van der Waals surface area contributed by atoms with E-state index in [1.54, 1.807) is 42.7 Å². The molecule has 0 saturated carbocycles. The fourth-order valence-electron chi connectivity index (χ4n) is 2.05. The number of hydrogen-bond acceptors (Lipinski definition) is 5. The molecule has 1 amide bonds. The lowest BCUT2D eigenvalue weighted by atomic mass is 10.1. The minimum Gasteiger partial charge on any atom is -0.497 e. The fourth-order valence-corrected chi connectivity index (χ4v) is 2.89. The number of carbonyl (C=O) groups excluding carboxylic acids is 1. The van der Waals surface area contributed by atoms with Crippen LogP contribution in [-0.2, 0) is 11.2 Å². The first-order valence-electron chi connectivity index (χ1n) is 7.52. The first-order valence-corrected chi connectivity index (χ1v) is 8.40. The fraction of sp³-hybridized carbons (Fsp3) is 0.412. The van der Waals surface area contributed by atoms with Gasteiger partial charge in [-0.1, -0.05) is 26.0 Å². The first kappa shape index (κ1) is 17.4. The van der Waals surface area contributed by atoms with Gasteiger partial charge in [0, 0.05) is 17.8 Å². The van der Waals surface area contributed by atoms with Crippen LogP contribution in [-0.4, -0.2) is 29.7 Å². The number of aliphatic hydroxyl groups excluding tert-OH is 1. The molecule has 1 unspecified atom stereocenters. The van der Waals surface area contributed by atoms with Gasteiger partial charge in [0.15, 0.2) is 0 Å². The van der Waals surface area contributed by atoms with Crippen molar-refractivity contribution in [2.24, 2.45) is 0 Å². The van der Waals surface area contributed by atoms with Crippen molar-refractivity contribution in [3.8, 4) is 5.75 Å². The molecule has 5 nitrogen and oxygen atoms in total. The summed E-state index contributed by atoms with van der Waals surface area (Å²) in [5.41, 5.74) is 1.51. The second-order valence-electron chi connectivity index (χ2n) is 5.60. The van der Waals surface area contributed by atoms with E-state index in [-0.39, 0.29) is 18.9 Å². The second-order valence-corrected chi connectivity index (χ2v) is 6.49. The van der Waals surface area contributed by atoms with E-state index in [1.165, 1.54) is 0 Å². The molecule has 1 atom stereocenters. The Balaban J connectivity index is 1.82. The maximum absolute atomic E-state index is 12.0. The molecule has 2 aromatic rings. The van der Waals surface area contributed by atoms with Crippen molar-refractivity contribution < 1.29 is 14.6 Å². The second kappa shape index (κ2) is 8.08. The lowest BCUT2D eigenvalue weighted by Gasteiger charge is -2.12. The number of aliphatic hydroxyl groups is 1. The third-order valence-electron chi connectivity index (χ3n) is 3.40. The van der Waals surface area contributed by atoms with E-state index >= 15 is 0 Å². The molecule has 23 heavy (non-hydrogen) atoms. The quantitative estimate of drug-likeness (QED) is 0.816. The van der Waals surface area contributed by atoms with Crippen LogP contribution in [0, 0.1) is 0 Å². The van der Waals surface area contributed by atoms with Crippen LogP contribution < -0.4 is 10.1 Å². The lowest BCUT2D eigenvalue weighted by Crippen LogP contribution is -2.29. The van der Waals surface area contributed by atoms with Gasteiger partial charge in [-0.3, -0.25) is 4.79 Å². The molecule has 0 spiro atoms. The van der Waals surface area contributed by atoms with Gasteiger partial charge >= 0.3 is 0 Å². The number of benzene rings is 1. The number of aromatic nitrogens is 1. The van der Waals surface area contributed by atoms with Crippen molar-refractivity contribution >= 4 is 17.2 Å². The molecule has 1 aromatic heterocycles. The third-order valence-corrected chi connectivity index (χ3v) is 4.59. The summed E-state index contributed by atoms with van der Waals surface area (Å²) in [4.78, 5) is 16.4. The molecule has 0 bridgehead atoms. The molecule has 0 saturated heterocycles. The predicted molar refractivity (Wildman–Crippen MR) is 90.9 cm³/mol. The number of nitrogens with zero attached hydrogens (tertiary/aromatic N) is 1. The van der Waals surface area contributed by atoms with Crippen LogP contribution in [0.15, 0.2) is 29.6 Å². The summed E-state index contributed by atoms with van der Waals surface area (Å²) in [6.07, 6.45) is -0.509. The highest BCUT2D eigenvalue weighted by atomic mass is 32.1. The number of ether oxygens (including phenoxy) is 1. The highest BCUT2D eigenvalue weighted by Gasteiger charge is 2.12. The molecule has 0 radical (unpaired) electrons. The molecular weight excluding hydrogens is 312 g/mol. The summed E-state index contributed by atoms with van der Waals surface area (Å²) in [5, 5.41) is 15.8. The van der Waals surface area contributed by atoms with Crippen molar-refractivity contribution in [1.82, 2.24) is 10.3 Å². The smallest absolute Gasteiger partial charge is 0.226 e. The molecule has 6 heteroatoms. The Labute approximate surface area is 140 Å². The van der Waals surface area contributed by atoms with E-state index in [2.05, 4.69) is 24.1 Å². The molecular formula is C17H22N2O3S. The molecule has 0 aliphatic heterocycles. The van der Waals surface area contributed by atoms with Gasteiger partial charge in [0.1, 0.15) is 5.75 Å². The Bertz CT molecular complexity index is 638. The van der Waals surface area contributed by atoms with Gasteiger partial charge in [0.25, 0.3) is 0 Å². The predicted octanol–water partition coefficient (Wildman–Crippen LogP) is 2.67. The topological polar surface area (TPSA) is 71.5 Å². The van der Waals surface area contributed by atoms with Crippen molar-refractivity contribution in [3.63, 3.8) is 0 Å². The summed E-state index contributed by atoms with van der Waals surface area (Å²) in [7, 11) is 1.59. The summed E-state index contributed by atoms with van der Waals surface area (Å²) < 4.78 is 5.07. The SMILES string of the molecule is COc1ccc(C(O)CNC(=O)Cc2csc(C(C)C)n2)cc1. The van der Waals surface area contributed by atoms with E-state index in [1.807, 2.05) is 5.38 Å². The van der Waals surface area contributed by atoms with Gasteiger partial charge in [-0.2, -0.15) is 0 Å². The van der Waals surface area contributed by atoms with Gasteiger partial charge in [0.2, 0.25) is 5.91 Å². The number of amides is 1. The van der Waals surface area contributed by atoms with Crippen molar-refractivity contribution in [2.45, 2.75) is 32.3 Å². The van der Waals surface area contributed by atoms with Crippen LogP contribution in [0.25, 0.3) is 0 Å². The van der Waals surface area contributed by atoms with Crippen molar-refractivity contribution in [1.29, 1.82) is 0 Å². The Morgan fingerprint density at radius 2 is 2.04 bits per heavy atom.